The number of carbonyl (C=O) groups excluding carboxylic acids is 3. The van der Waals surface area contributed by atoms with Crippen molar-refractivity contribution in [2.45, 2.75) is 24.5 Å². The van der Waals surface area contributed by atoms with Crippen molar-refractivity contribution in [3.8, 4) is 17.6 Å². The number of carbonyl (C=O) groups is 4. The summed E-state index contributed by atoms with van der Waals surface area (Å²) in [4.78, 5) is 53.6. The summed E-state index contributed by atoms with van der Waals surface area (Å²) < 4.78 is 5.22. The fourth-order valence-corrected chi connectivity index (χ4v) is 5.17. The van der Waals surface area contributed by atoms with Crippen LogP contribution < -0.4 is 20.7 Å². The van der Waals surface area contributed by atoms with Gasteiger partial charge in [0.05, 0.1) is 13.7 Å². The maximum atomic E-state index is 13.1. The summed E-state index contributed by atoms with van der Waals surface area (Å²) in [7, 11) is 1.52. The highest BCUT2D eigenvalue weighted by molar-refractivity contribution is 6.10. The van der Waals surface area contributed by atoms with E-state index in [-0.39, 0.29) is 19.0 Å². The first-order chi connectivity index (χ1) is 18.8. The molecule has 5 rings (SSSR count). The van der Waals surface area contributed by atoms with Gasteiger partial charge in [-0.05, 0) is 48.4 Å². The standard InChI is InChI=1S/C28H29N5O6/c1-39-21-8-7-20-16-33(24(34)22(20)15-21)17-28(26(37)30-27(38)31-28)10-9-18-3-5-19(6-4-18)23(25(35)36)32-13-2-11-29-12-14-32/h3-8,15,23,29H,2,11-14,16-17H2,1H3,(H,35,36)(H2,30,31,37,38)/t23?,28-/m1/s1. The average Bonchev–Trinajstić information content (AvgIpc) is 3.22. The first-order valence-electron chi connectivity index (χ1n) is 12.7. The van der Waals surface area contributed by atoms with Crippen LogP contribution in [0.4, 0.5) is 4.79 Å². The number of hydrogen-bond donors (Lipinski definition) is 4. The van der Waals surface area contributed by atoms with Gasteiger partial charge in [0.25, 0.3) is 11.8 Å². The van der Waals surface area contributed by atoms with Crippen molar-refractivity contribution in [3.05, 3.63) is 64.7 Å². The molecule has 4 N–H and O–H groups in total. The summed E-state index contributed by atoms with van der Waals surface area (Å²) >= 11 is 0. The van der Waals surface area contributed by atoms with Crippen molar-refractivity contribution in [2.75, 3.05) is 39.8 Å². The number of aliphatic carboxylic acids is 1. The van der Waals surface area contributed by atoms with Gasteiger partial charge in [0.1, 0.15) is 11.8 Å². The molecule has 4 amide bonds. The highest BCUT2D eigenvalue weighted by Crippen LogP contribution is 2.29. The highest BCUT2D eigenvalue weighted by atomic mass is 16.5. The molecular weight excluding hydrogens is 502 g/mol. The number of methoxy groups -OCH3 is 1. The average molecular weight is 532 g/mol. The molecular formula is C28H29N5O6. The molecule has 3 aliphatic rings. The van der Waals surface area contributed by atoms with Crippen LogP contribution >= 0.6 is 0 Å². The number of fused-ring (bicyclic) bond motifs is 1. The van der Waals surface area contributed by atoms with E-state index >= 15 is 0 Å². The van der Waals surface area contributed by atoms with E-state index in [0.29, 0.717) is 35.5 Å². The lowest BCUT2D eigenvalue weighted by Gasteiger charge is -2.27. The van der Waals surface area contributed by atoms with Crippen molar-refractivity contribution in [2.24, 2.45) is 0 Å². The number of amides is 4. The van der Waals surface area contributed by atoms with Crippen LogP contribution in [0.5, 0.6) is 5.75 Å². The minimum absolute atomic E-state index is 0.143. The van der Waals surface area contributed by atoms with Gasteiger partial charge in [-0.1, -0.05) is 30.0 Å². The first kappa shape index (κ1) is 26.2. The van der Waals surface area contributed by atoms with Crippen molar-refractivity contribution in [1.29, 1.82) is 0 Å². The van der Waals surface area contributed by atoms with Crippen molar-refractivity contribution < 1.29 is 29.0 Å². The molecule has 3 aliphatic heterocycles. The fourth-order valence-electron chi connectivity index (χ4n) is 5.17. The van der Waals surface area contributed by atoms with Crippen LogP contribution in [0.15, 0.2) is 42.5 Å². The van der Waals surface area contributed by atoms with Crippen LogP contribution in [0.3, 0.4) is 0 Å². The van der Waals surface area contributed by atoms with E-state index in [1.54, 1.807) is 42.5 Å². The lowest BCUT2D eigenvalue weighted by molar-refractivity contribution is -0.143. The number of nitrogens with one attached hydrogen (secondary N) is 3. The Morgan fingerprint density at radius 2 is 1.92 bits per heavy atom. The molecule has 2 aromatic carbocycles. The number of urea groups is 1. The van der Waals surface area contributed by atoms with Gasteiger partial charge in [0, 0.05) is 37.3 Å². The molecule has 3 heterocycles. The third-order valence-electron chi connectivity index (χ3n) is 7.19. The molecule has 2 saturated heterocycles. The number of rotatable bonds is 6. The van der Waals surface area contributed by atoms with E-state index in [1.807, 2.05) is 4.90 Å². The molecule has 0 saturated carbocycles. The summed E-state index contributed by atoms with van der Waals surface area (Å²) in [6, 6.07) is 10.6. The van der Waals surface area contributed by atoms with E-state index in [1.165, 1.54) is 12.0 Å². The molecule has 0 spiro atoms. The Balaban J connectivity index is 1.37. The van der Waals surface area contributed by atoms with Crippen LogP contribution in [0.2, 0.25) is 0 Å². The Bertz CT molecular complexity index is 1370. The fraction of sp³-hybridized carbons (Fsp3) is 0.357. The molecule has 11 heteroatoms. The minimum atomic E-state index is -1.64. The second kappa shape index (κ2) is 10.8. The Hall–Kier alpha value is -4.40. The third kappa shape index (κ3) is 5.30. The first-order valence-corrected chi connectivity index (χ1v) is 12.7. The molecule has 202 valence electrons. The van der Waals surface area contributed by atoms with Gasteiger partial charge in [-0.3, -0.25) is 24.6 Å². The van der Waals surface area contributed by atoms with Gasteiger partial charge >= 0.3 is 12.0 Å². The maximum Gasteiger partial charge on any atom is 0.325 e. The van der Waals surface area contributed by atoms with Gasteiger partial charge in [-0.2, -0.15) is 0 Å². The highest BCUT2D eigenvalue weighted by Gasteiger charge is 2.48. The van der Waals surface area contributed by atoms with Crippen LogP contribution in [0.1, 0.15) is 39.5 Å². The smallest absolute Gasteiger partial charge is 0.325 e. The number of benzene rings is 2. The molecule has 39 heavy (non-hydrogen) atoms. The zero-order valence-electron chi connectivity index (χ0n) is 21.5. The van der Waals surface area contributed by atoms with Gasteiger partial charge < -0.3 is 25.4 Å². The van der Waals surface area contributed by atoms with E-state index in [0.717, 1.165) is 25.1 Å². The molecule has 0 aromatic heterocycles. The van der Waals surface area contributed by atoms with Gasteiger partial charge in [-0.25, -0.2) is 4.79 Å². The SMILES string of the molecule is COc1ccc2c(c1)C(=O)N(C[C@@]1(C#Cc3ccc(C(C(=O)O)N4CCCNCC4)cc3)NC(=O)NC1=O)C2. The summed E-state index contributed by atoms with van der Waals surface area (Å²) in [5, 5.41) is 18.0. The van der Waals surface area contributed by atoms with E-state index < -0.39 is 29.5 Å². The predicted octanol–water partition coefficient (Wildman–Crippen LogP) is 0.702. The predicted molar refractivity (Wildman–Crippen MR) is 140 cm³/mol. The second-order valence-electron chi connectivity index (χ2n) is 9.75. The van der Waals surface area contributed by atoms with Gasteiger partial charge in [0.2, 0.25) is 5.54 Å². The Kier molecular flexibility index (Phi) is 7.24. The zero-order chi connectivity index (χ0) is 27.6. The zero-order valence-corrected chi connectivity index (χ0v) is 21.5. The lowest BCUT2D eigenvalue weighted by Crippen LogP contribution is -2.54. The van der Waals surface area contributed by atoms with Gasteiger partial charge in [0.15, 0.2) is 0 Å². The largest absolute Gasteiger partial charge is 0.497 e. The van der Waals surface area contributed by atoms with Crippen molar-refractivity contribution in [3.63, 3.8) is 0 Å². The molecule has 0 bridgehead atoms. The number of nitrogens with zero attached hydrogens (tertiary/aromatic N) is 2. The summed E-state index contributed by atoms with van der Waals surface area (Å²) in [5.41, 5.74) is 0.797. The number of imide groups is 1. The monoisotopic (exact) mass is 531 g/mol. The summed E-state index contributed by atoms with van der Waals surface area (Å²) in [6.07, 6.45) is 0.862. The quantitative estimate of drug-likeness (QED) is 0.316. The second-order valence-corrected chi connectivity index (χ2v) is 9.75. The molecule has 2 atom stereocenters. The number of carboxylic acid groups (broad SMARTS) is 1. The molecule has 0 radical (unpaired) electrons. The van der Waals surface area contributed by atoms with E-state index in [9.17, 15) is 24.3 Å². The topological polar surface area (TPSA) is 140 Å². The van der Waals surface area contributed by atoms with Gasteiger partial charge in [-0.15, -0.1) is 0 Å². The normalized spacial score (nSPS) is 21.8. The molecule has 11 nitrogen and oxygen atoms in total. The molecule has 2 aromatic rings. The minimum Gasteiger partial charge on any atom is -0.497 e. The molecule has 0 aliphatic carbocycles. The van der Waals surface area contributed by atoms with Crippen LogP contribution in [0, 0.1) is 11.8 Å². The Morgan fingerprint density at radius 1 is 1.13 bits per heavy atom. The van der Waals surface area contributed by atoms with Crippen molar-refractivity contribution >= 4 is 23.8 Å². The van der Waals surface area contributed by atoms with Crippen LogP contribution in [-0.2, 0) is 16.1 Å². The number of carboxylic acids is 1. The summed E-state index contributed by atoms with van der Waals surface area (Å²) in [5.74, 6) is 4.52. The van der Waals surface area contributed by atoms with E-state index in [4.69, 9.17) is 4.74 Å². The molecule has 2 fully saturated rings. The maximum absolute atomic E-state index is 13.1. The third-order valence-corrected chi connectivity index (χ3v) is 7.19. The van der Waals surface area contributed by atoms with Crippen LogP contribution in [-0.4, -0.2) is 84.1 Å². The molecule has 1 unspecified atom stereocenters. The number of hydrogen-bond acceptors (Lipinski definition) is 7. The van der Waals surface area contributed by atoms with Crippen molar-refractivity contribution in [1.82, 2.24) is 25.8 Å². The number of ether oxygens (including phenoxy) is 1. The van der Waals surface area contributed by atoms with Crippen LogP contribution in [0.25, 0.3) is 0 Å². The Morgan fingerprint density at radius 3 is 2.62 bits per heavy atom. The van der Waals surface area contributed by atoms with E-state index in [2.05, 4.69) is 27.8 Å². The Labute approximate surface area is 225 Å². The lowest BCUT2D eigenvalue weighted by atomic mass is 9.98. The summed E-state index contributed by atoms with van der Waals surface area (Å²) in [6.45, 7) is 3.00.